The van der Waals surface area contributed by atoms with Crippen molar-refractivity contribution in [2.24, 2.45) is 0 Å². The van der Waals surface area contributed by atoms with E-state index in [9.17, 15) is 8.42 Å². The second-order valence-electron chi connectivity index (χ2n) is 5.00. The van der Waals surface area contributed by atoms with Gasteiger partial charge in [0.2, 0.25) is 5.03 Å². The number of nitrogens with one attached hydrogen (secondary N) is 1. The van der Waals surface area contributed by atoms with Crippen LogP contribution in [0.25, 0.3) is 11.0 Å². The summed E-state index contributed by atoms with van der Waals surface area (Å²) in [5.41, 5.74) is 0.472. The third kappa shape index (κ3) is 2.09. The number of hydrogen-bond acceptors (Lipinski definition) is 5. The molecule has 108 valence electrons. The Morgan fingerprint density at radius 1 is 1.45 bits per heavy atom. The summed E-state index contributed by atoms with van der Waals surface area (Å²) in [7, 11) is -3.66. The minimum atomic E-state index is -3.66. The van der Waals surface area contributed by atoms with Gasteiger partial charge in [-0.1, -0.05) is 0 Å². The molecule has 2 aromatic heterocycles. The van der Waals surface area contributed by atoms with Crippen molar-refractivity contribution in [2.75, 3.05) is 13.2 Å². The highest BCUT2D eigenvalue weighted by atomic mass is 32.2. The lowest BCUT2D eigenvalue weighted by Gasteiger charge is -2.35. The average Bonchev–Trinajstić information content (AvgIpc) is 2.86. The first-order chi connectivity index (χ1) is 9.50. The Morgan fingerprint density at radius 3 is 3.05 bits per heavy atom. The summed E-state index contributed by atoms with van der Waals surface area (Å²) < 4.78 is 32.5. The molecule has 1 aliphatic heterocycles. The predicted octanol–water partition coefficient (Wildman–Crippen LogP) is 0.756. The molecular formula is C12H16N4O3S. The van der Waals surface area contributed by atoms with Crippen LogP contribution in [-0.2, 0) is 14.8 Å². The third-order valence-corrected chi connectivity index (χ3v) is 5.33. The smallest absolute Gasteiger partial charge is 0.263 e. The zero-order chi connectivity index (χ0) is 14.3. The maximum absolute atomic E-state index is 12.8. The first-order valence-corrected chi connectivity index (χ1v) is 7.86. The van der Waals surface area contributed by atoms with Gasteiger partial charge in [-0.25, -0.2) is 13.4 Å². The lowest BCUT2D eigenvalue weighted by molar-refractivity contribution is -0.0171. The molecule has 8 heteroatoms. The highest BCUT2D eigenvalue weighted by Gasteiger charge is 2.36. The Morgan fingerprint density at radius 2 is 2.25 bits per heavy atom. The summed E-state index contributed by atoms with van der Waals surface area (Å²) in [6.45, 7) is 4.41. The van der Waals surface area contributed by atoms with E-state index in [4.69, 9.17) is 4.74 Å². The van der Waals surface area contributed by atoms with Crippen LogP contribution in [0, 0.1) is 0 Å². The zero-order valence-corrected chi connectivity index (χ0v) is 12.1. The van der Waals surface area contributed by atoms with Gasteiger partial charge in [-0.2, -0.15) is 9.40 Å². The van der Waals surface area contributed by atoms with Gasteiger partial charge in [-0.05, 0) is 26.0 Å². The molecule has 7 nitrogen and oxygen atoms in total. The molecule has 0 radical (unpaired) electrons. The SMILES string of the molecule is C[C@@H]1CN(S(=O)(=O)c2n[nH]c3ncccc23)[C@H](C)CO1. The highest BCUT2D eigenvalue weighted by Crippen LogP contribution is 2.25. The normalized spacial score (nSPS) is 25.1. The summed E-state index contributed by atoms with van der Waals surface area (Å²) >= 11 is 0. The Labute approximate surface area is 117 Å². The standard InChI is InChI=1S/C12H16N4O3S/c1-8-7-19-9(2)6-16(8)20(17,18)12-10-4-3-5-13-11(10)14-15-12/h3-5,8-9H,6-7H2,1-2H3,(H,13,14,15)/t8-,9-/m1/s1. The average molecular weight is 296 g/mol. The number of ether oxygens (including phenoxy) is 1. The fraction of sp³-hybridized carbons (Fsp3) is 0.500. The van der Waals surface area contributed by atoms with E-state index in [1.165, 1.54) is 4.31 Å². The van der Waals surface area contributed by atoms with Crippen LogP contribution in [0.3, 0.4) is 0 Å². The van der Waals surface area contributed by atoms with Crippen molar-refractivity contribution >= 4 is 21.1 Å². The lowest BCUT2D eigenvalue weighted by Crippen LogP contribution is -2.50. The van der Waals surface area contributed by atoms with Gasteiger partial charge in [-0.15, -0.1) is 0 Å². The van der Waals surface area contributed by atoms with Gasteiger partial charge in [0, 0.05) is 18.8 Å². The van der Waals surface area contributed by atoms with Crippen LogP contribution in [0.2, 0.25) is 0 Å². The second kappa shape index (κ2) is 4.80. The van der Waals surface area contributed by atoms with Gasteiger partial charge in [0.05, 0.1) is 18.1 Å². The number of pyridine rings is 1. The zero-order valence-electron chi connectivity index (χ0n) is 11.3. The quantitative estimate of drug-likeness (QED) is 0.883. The van der Waals surface area contributed by atoms with Crippen molar-refractivity contribution in [2.45, 2.75) is 31.0 Å². The Balaban J connectivity index is 2.07. The molecule has 0 aliphatic carbocycles. The fourth-order valence-electron chi connectivity index (χ4n) is 2.35. The Hall–Kier alpha value is -1.51. The maximum atomic E-state index is 12.8. The highest BCUT2D eigenvalue weighted by molar-refractivity contribution is 7.89. The molecule has 2 atom stereocenters. The minimum absolute atomic E-state index is 0.0292. The van der Waals surface area contributed by atoms with Gasteiger partial charge in [0.15, 0.2) is 5.65 Å². The molecule has 3 rings (SSSR count). The molecule has 1 N–H and O–H groups in total. The summed E-state index contributed by atoms with van der Waals surface area (Å²) in [6, 6.07) is 3.19. The Kier molecular flexibility index (Phi) is 3.23. The molecule has 3 heterocycles. The minimum Gasteiger partial charge on any atom is -0.375 e. The number of hydrogen-bond donors (Lipinski definition) is 1. The number of morpholine rings is 1. The van der Waals surface area contributed by atoms with Crippen molar-refractivity contribution in [1.82, 2.24) is 19.5 Å². The molecule has 1 aliphatic rings. The van der Waals surface area contributed by atoms with Crippen LogP contribution >= 0.6 is 0 Å². The van der Waals surface area contributed by atoms with Crippen molar-refractivity contribution in [3.05, 3.63) is 18.3 Å². The largest absolute Gasteiger partial charge is 0.375 e. The fourth-order valence-corrected chi connectivity index (χ4v) is 4.11. The Bertz CT molecular complexity index is 727. The predicted molar refractivity (Wildman–Crippen MR) is 72.7 cm³/mol. The van der Waals surface area contributed by atoms with Crippen LogP contribution in [-0.4, -0.2) is 53.2 Å². The van der Waals surface area contributed by atoms with Crippen molar-refractivity contribution in [3.63, 3.8) is 0 Å². The van der Waals surface area contributed by atoms with Crippen LogP contribution in [0.5, 0.6) is 0 Å². The summed E-state index contributed by atoms with van der Waals surface area (Å²) in [4.78, 5) is 4.07. The lowest BCUT2D eigenvalue weighted by atomic mass is 10.2. The molecule has 20 heavy (non-hydrogen) atoms. The molecule has 1 fully saturated rings. The van der Waals surface area contributed by atoms with Crippen LogP contribution < -0.4 is 0 Å². The molecule has 0 amide bonds. The van der Waals surface area contributed by atoms with E-state index in [1.807, 2.05) is 13.8 Å². The van der Waals surface area contributed by atoms with E-state index in [0.717, 1.165) is 0 Å². The van der Waals surface area contributed by atoms with Crippen LogP contribution in [0.1, 0.15) is 13.8 Å². The number of aromatic amines is 1. The third-order valence-electron chi connectivity index (χ3n) is 3.41. The van der Waals surface area contributed by atoms with E-state index in [-0.39, 0.29) is 17.2 Å². The molecule has 0 aromatic carbocycles. The van der Waals surface area contributed by atoms with Crippen molar-refractivity contribution in [1.29, 1.82) is 0 Å². The molecule has 2 aromatic rings. The molecular weight excluding hydrogens is 280 g/mol. The van der Waals surface area contributed by atoms with Gasteiger partial charge in [0.25, 0.3) is 10.0 Å². The van der Waals surface area contributed by atoms with Gasteiger partial charge in [0.1, 0.15) is 0 Å². The number of rotatable bonds is 2. The maximum Gasteiger partial charge on any atom is 0.263 e. The summed E-state index contributed by atoms with van der Waals surface area (Å²) in [5, 5.41) is 7.15. The molecule has 1 saturated heterocycles. The number of fused-ring (bicyclic) bond motifs is 1. The van der Waals surface area contributed by atoms with E-state index in [0.29, 0.717) is 24.2 Å². The molecule has 0 saturated carbocycles. The second-order valence-corrected chi connectivity index (χ2v) is 6.80. The number of aromatic nitrogens is 3. The molecule has 0 bridgehead atoms. The monoisotopic (exact) mass is 296 g/mol. The van der Waals surface area contributed by atoms with Gasteiger partial charge >= 0.3 is 0 Å². The van der Waals surface area contributed by atoms with Crippen LogP contribution in [0.4, 0.5) is 0 Å². The van der Waals surface area contributed by atoms with Gasteiger partial charge in [-0.3, -0.25) is 5.10 Å². The number of nitrogens with zero attached hydrogens (tertiary/aromatic N) is 3. The van der Waals surface area contributed by atoms with Crippen LogP contribution in [0.15, 0.2) is 23.4 Å². The van der Waals surface area contributed by atoms with E-state index < -0.39 is 10.0 Å². The molecule has 0 unspecified atom stereocenters. The van der Waals surface area contributed by atoms with Crippen molar-refractivity contribution < 1.29 is 13.2 Å². The number of H-pyrrole nitrogens is 1. The molecule has 0 spiro atoms. The first kappa shape index (κ1) is 13.5. The number of sulfonamides is 1. The summed E-state index contributed by atoms with van der Waals surface area (Å²) in [6.07, 6.45) is 1.47. The van der Waals surface area contributed by atoms with Gasteiger partial charge < -0.3 is 4.74 Å². The topological polar surface area (TPSA) is 88.2 Å². The van der Waals surface area contributed by atoms with Crippen molar-refractivity contribution in [3.8, 4) is 0 Å². The summed E-state index contributed by atoms with van der Waals surface area (Å²) in [5.74, 6) is 0. The van der Waals surface area contributed by atoms with E-state index in [2.05, 4.69) is 15.2 Å². The van der Waals surface area contributed by atoms with E-state index >= 15 is 0 Å². The van der Waals surface area contributed by atoms with E-state index in [1.54, 1.807) is 18.3 Å². The first-order valence-electron chi connectivity index (χ1n) is 6.42.